The highest BCUT2D eigenvalue weighted by Gasteiger charge is 2.52. The number of amides is 1. The van der Waals surface area contributed by atoms with Gasteiger partial charge in [0.15, 0.2) is 11.5 Å². The Kier molecular flexibility index (Phi) is 9.62. The number of aliphatic hydroxyl groups excluding tert-OH is 5. The lowest BCUT2D eigenvalue weighted by atomic mass is 9.88. The van der Waals surface area contributed by atoms with E-state index >= 15 is 0 Å². The van der Waals surface area contributed by atoms with Gasteiger partial charge in [-0.1, -0.05) is 6.07 Å². The number of aliphatic hydroxyl groups is 5. The molecule has 2 aromatic carbocycles. The van der Waals surface area contributed by atoms with E-state index in [0.29, 0.717) is 17.5 Å². The number of H-pyrrole nitrogens is 1. The maximum atomic E-state index is 13.9. The van der Waals surface area contributed by atoms with Gasteiger partial charge in [0, 0.05) is 49.0 Å². The highest BCUT2D eigenvalue weighted by molar-refractivity contribution is 6.11. The number of imidazole rings is 1. The molecule has 2 aliphatic rings. The van der Waals surface area contributed by atoms with Gasteiger partial charge < -0.3 is 55.3 Å². The van der Waals surface area contributed by atoms with Crippen molar-refractivity contribution in [3.05, 3.63) is 71.3 Å². The average Bonchev–Trinajstić information content (AvgIpc) is 3.66. The number of benzene rings is 2. The number of fused-ring (bicyclic) bond motifs is 1. The van der Waals surface area contributed by atoms with Crippen molar-refractivity contribution in [2.24, 2.45) is 0 Å². The molecule has 0 aliphatic carbocycles. The van der Waals surface area contributed by atoms with Gasteiger partial charge in [-0.05, 0) is 48.2 Å². The summed E-state index contributed by atoms with van der Waals surface area (Å²) >= 11 is 0. The van der Waals surface area contributed by atoms with Gasteiger partial charge in [-0.15, -0.1) is 0 Å². The molecule has 15 heteroatoms. The summed E-state index contributed by atoms with van der Waals surface area (Å²) in [5, 5.41) is 81.3. The third-order valence-electron chi connectivity index (χ3n) is 8.23. The first-order valence-electron chi connectivity index (χ1n) is 14.5. The zero-order chi connectivity index (χ0) is 33.2. The molecule has 1 fully saturated rings. The SMILES string of the molecule is O=C(/C=C/c1ccc(O)c(Cc2cnc[nH]2)c1)N1c2cc(O[C@@H]3O[C@H](CO)[C@@H](O)[C@H](O)[C@H]3O)c(O)cc2C[C@]1(CCCO)C(=O)O. The Hall–Kier alpha value is -4.51. The van der Waals surface area contributed by atoms with Gasteiger partial charge in [0.25, 0.3) is 5.91 Å². The predicted octanol–water partition coefficient (Wildman–Crippen LogP) is -0.211. The van der Waals surface area contributed by atoms with Gasteiger partial charge in [0.2, 0.25) is 6.29 Å². The summed E-state index contributed by atoms with van der Waals surface area (Å²) in [4.78, 5) is 34.7. The molecule has 0 bridgehead atoms. The summed E-state index contributed by atoms with van der Waals surface area (Å²) < 4.78 is 11.0. The van der Waals surface area contributed by atoms with Crippen LogP contribution in [-0.4, -0.2) is 112 Å². The van der Waals surface area contributed by atoms with E-state index < -0.39 is 60.5 Å². The maximum absolute atomic E-state index is 13.9. The minimum absolute atomic E-state index is 0.0344. The lowest BCUT2D eigenvalue weighted by molar-refractivity contribution is -0.277. The lowest BCUT2D eigenvalue weighted by Gasteiger charge is -2.39. The normalized spacial score (nSPS) is 25.9. The number of carboxylic acid groups (broad SMARTS) is 1. The molecule has 5 rings (SSSR count). The molecule has 2 aliphatic heterocycles. The van der Waals surface area contributed by atoms with Crippen LogP contribution in [0.3, 0.4) is 0 Å². The van der Waals surface area contributed by atoms with Crippen LogP contribution in [-0.2, 0) is 27.2 Å². The lowest BCUT2D eigenvalue weighted by Crippen LogP contribution is -2.60. The Morgan fingerprint density at radius 3 is 2.54 bits per heavy atom. The van der Waals surface area contributed by atoms with Crippen LogP contribution in [0.1, 0.15) is 35.2 Å². The molecule has 3 aromatic rings. The number of hydrogen-bond acceptors (Lipinski definition) is 12. The van der Waals surface area contributed by atoms with Crippen molar-refractivity contribution in [1.29, 1.82) is 0 Å². The molecule has 0 unspecified atom stereocenters. The average molecular weight is 642 g/mol. The van der Waals surface area contributed by atoms with Gasteiger partial charge in [-0.25, -0.2) is 9.78 Å². The number of aromatic nitrogens is 2. The van der Waals surface area contributed by atoms with Crippen molar-refractivity contribution in [2.75, 3.05) is 18.1 Å². The second kappa shape index (κ2) is 13.5. The van der Waals surface area contributed by atoms with E-state index in [-0.39, 0.29) is 48.6 Å². The summed E-state index contributed by atoms with van der Waals surface area (Å²) in [7, 11) is 0. The molecule has 6 atom stereocenters. The Morgan fingerprint density at radius 2 is 1.87 bits per heavy atom. The van der Waals surface area contributed by atoms with Gasteiger partial charge in [0.05, 0.1) is 18.6 Å². The molecule has 0 saturated carbocycles. The monoisotopic (exact) mass is 641 g/mol. The molecular weight excluding hydrogens is 606 g/mol. The van der Waals surface area contributed by atoms with Gasteiger partial charge in [0.1, 0.15) is 35.7 Å². The number of rotatable bonds is 11. The van der Waals surface area contributed by atoms with Crippen LogP contribution in [0.2, 0.25) is 0 Å². The fourth-order valence-electron chi connectivity index (χ4n) is 5.82. The smallest absolute Gasteiger partial charge is 0.330 e. The van der Waals surface area contributed by atoms with Crippen LogP contribution < -0.4 is 9.64 Å². The summed E-state index contributed by atoms with van der Waals surface area (Å²) in [6.45, 7) is -1.06. The second-order valence-corrected chi connectivity index (χ2v) is 11.3. The van der Waals surface area contributed by atoms with Crippen LogP contribution in [0.25, 0.3) is 6.08 Å². The second-order valence-electron chi connectivity index (χ2n) is 11.3. The number of carbonyl (C=O) groups excluding carboxylic acids is 1. The number of aromatic hydroxyl groups is 2. The number of phenolic OH excluding ortho intramolecular Hbond substituents is 2. The topological polar surface area (TPSA) is 246 Å². The van der Waals surface area contributed by atoms with E-state index in [9.17, 15) is 50.4 Å². The van der Waals surface area contributed by atoms with E-state index in [0.717, 1.165) is 10.6 Å². The van der Waals surface area contributed by atoms with Crippen LogP contribution in [0.4, 0.5) is 5.69 Å². The summed E-state index contributed by atoms with van der Waals surface area (Å²) in [6, 6.07) is 7.12. The molecular formula is C31H35N3O12. The van der Waals surface area contributed by atoms with Crippen LogP contribution in [0.15, 0.2) is 48.9 Å². The zero-order valence-corrected chi connectivity index (χ0v) is 24.4. The van der Waals surface area contributed by atoms with Crippen molar-refractivity contribution in [3.8, 4) is 17.2 Å². The number of carbonyl (C=O) groups is 2. The first-order valence-corrected chi connectivity index (χ1v) is 14.5. The van der Waals surface area contributed by atoms with Crippen molar-refractivity contribution in [1.82, 2.24) is 9.97 Å². The maximum Gasteiger partial charge on any atom is 0.330 e. The fourth-order valence-corrected chi connectivity index (χ4v) is 5.82. The van der Waals surface area contributed by atoms with E-state index in [4.69, 9.17) is 9.47 Å². The molecule has 0 radical (unpaired) electrons. The van der Waals surface area contributed by atoms with Gasteiger partial charge >= 0.3 is 5.97 Å². The third-order valence-corrected chi connectivity index (χ3v) is 8.23. The highest BCUT2D eigenvalue weighted by Crippen LogP contribution is 2.47. The molecule has 0 spiro atoms. The fraction of sp³-hybridized carbons (Fsp3) is 0.387. The number of carboxylic acids is 1. The van der Waals surface area contributed by atoms with Crippen LogP contribution in [0.5, 0.6) is 17.2 Å². The van der Waals surface area contributed by atoms with Gasteiger partial charge in [-0.2, -0.15) is 0 Å². The number of nitrogens with one attached hydrogen (secondary N) is 1. The number of aliphatic carboxylic acids is 1. The summed E-state index contributed by atoms with van der Waals surface area (Å²) in [5.74, 6) is -2.88. The number of phenols is 2. The van der Waals surface area contributed by atoms with E-state index in [1.165, 1.54) is 36.7 Å². The van der Waals surface area contributed by atoms with Crippen molar-refractivity contribution >= 4 is 23.6 Å². The van der Waals surface area contributed by atoms with Crippen molar-refractivity contribution in [2.45, 2.75) is 61.9 Å². The standard InChI is InChI=1S/C31H35N3O12/c35-7-1-6-31(30(43)44)12-18-10-22(38)23(45-29-28(42)27(41)26(40)24(14-36)46-29)11-20(18)34(31)25(39)5-3-16-2-4-21(37)17(8-16)9-19-13-32-15-33-19/h2-5,8,10-11,13,15,24,26-29,35-38,40-42H,1,6-7,9,12,14H2,(H,32,33)(H,43,44)/b5-3+/t24-,26-,27+,28-,29-,31-/m1/s1. The van der Waals surface area contributed by atoms with E-state index in [2.05, 4.69) is 9.97 Å². The molecule has 3 heterocycles. The Morgan fingerprint density at radius 1 is 1.09 bits per heavy atom. The number of aromatic amines is 1. The molecule has 1 aromatic heterocycles. The van der Waals surface area contributed by atoms with Crippen LogP contribution in [0, 0.1) is 0 Å². The van der Waals surface area contributed by atoms with Crippen molar-refractivity contribution < 1.29 is 59.9 Å². The van der Waals surface area contributed by atoms with E-state index in [1.54, 1.807) is 18.3 Å². The molecule has 1 saturated heterocycles. The predicted molar refractivity (Wildman–Crippen MR) is 159 cm³/mol. The molecule has 1 amide bonds. The zero-order valence-electron chi connectivity index (χ0n) is 24.4. The minimum Gasteiger partial charge on any atom is -0.508 e. The van der Waals surface area contributed by atoms with Crippen LogP contribution >= 0.6 is 0 Å². The number of ether oxygens (including phenoxy) is 2. The number of hydrogen-bond donors (Lipinski definition) is 9. The molecule has 246 valence electrons. The minimum atomic E-state index is -1.85. The summed E-state index contributed by atoms with van der Waals surface area (Å²) in [6.07, 6.45) is -2.36. The quantitative estimate of drug-likeness (QED) is 0.123. The summed E-state index contributed by atoms with van der Waals surface area (Å²) in [5.41, 5.74) is 0.348. The molecule has 46 heavy (non-hydrogen) atoms. The first kappa shape index (κ1) is 32.9. The Bertz CT molecular complexity index is 1590. The molecule has 9 N–H and O–H groups in total. The highest BCUT2D eigenvalue weighted by atomic mass is 16.7. The van der Waals surface area contributed by atoms with Crippen molar-refractivity contribution in [3.63, 3.8) is 0 Å². The third kappa shape index (κ3) is 6.28. The number of nitrogens with zero attached hydrogens (tertiary/aromatic N) is 2. The van der Waals surface area contributed by atoms with Gasteiger partial charge in [-0.3, -0.25) is 9.69 Å². The Balaban J connectivity index is 1.49. The number of anilines is 1. The van der Waals surface area contributed by atoms with E-state index in [1.807, 2.05) is 0 Å². The Labute approximate surface area is 262 Å². The first-order chi connectivity index (χ1) is 22.0. The molecule has 15 nitrogen and oxygen atoms in total. The largest absolute Gasteiger partial charge is 0.508 e.